The van der Waals surface area contributed by atoms with Gasteiger partial charge in [0.15, 0.2) is 0 Å². The lowest BCUT2D eigenvalue weighted by Gasteiger charge is -2.18. The molecule has 2 N–H and O–H groups in total. The molecule has 0 unspecified atom stereocenters. The Morgan fingerprint density at radius 3 is 2.65 bits per heavy atom. The summed E-state index contributed by atoms with van der Waals surface area (Å²) >= 11 is 0. The monoisotopic (exact) mass is 297 g/mol. The largest absolute Gasteiger partial charge is 0.395 e. The highest BCUT2D eigenvalue weighted by molar-refractivity contribution is 7.90. The number of hydrogen-bond acceptors (Lipinski definition) is 4. The highest BCUT2D eigenvalue weighted by Crippen LogP contribution is 2.09. The summed E-state index contributed by atoms with van der Waals surface area (Å²) < 4.78 is 27.8. The zero-order valence-corrected chi connectivity index (χ0v) is 12.4. The first kappa shape index (κ1) is 16.4. The topological polar surface area (TPSA) is 82.5 Å². The van der Waals surface area contributed by atoms with E-state index in [-0.39, 0.29) is 12.4 Å². The first-order valence-electron chi connectivity index (χ1n) is 6.38. The van der Waals surface area contributed by atoms with Gasteiger partial charge in [0.1, 0.15) is 11.5 Å². The van der Waals surface area contributed by atoms with Crippen molar-refractivity contribution >= 4 is 16.0 Å². The number of nitrogens with one attached hydrogen (secondary N) is 1. The van der Waals surface area contributed by atoms with Crippen molar-refractivity contribution in [2.24, 2.45) is 0 Å². The molecule has 0 saturated carbocycles. The maximum Gasteiger partial charge on any atom is 0.302 e. The van der Waals surface area contributed by atoms with E-state index >= 15 is 0 Å². The molecule has 1 aromatic heterocycles. The van der Waals surface area contributed by atoms with Gasteiger partial charge in [-0.25, -0.2) is 4.98 Å². The first-order valence-corrected chi connectivity index (χ1v) is 7.82. The molecule has 110 valence electrons. The number of aromatic nitrogens is 1. The molecule has 1 rings (SSSR count). The average molecular weight is 297 g/mol. The Morgan fingerprint density at radius 2 is 2.05 bits per heavy atom. The van der Waals surface area contributed by atoms with E-state index < -0.39 is 10.2 Å². The van der Waals surface area contributed by atoms with Crippen molar-refractivity contribution in [1.82, 2.24) is 9.29 Å². The third-order valence-electron chi connectivity index (χ3n) is 2.48. The van der Waals surface area contributed by atoms with E-state index in [1.165, 1.54) is 4.31 Å². The van der Waals surface area contributed by atoms with Gasteiger partial charge in [-0.15, -0.1) is 0 Å². The molecule has 0 aliphatic rings. The van der Waals surface area contributed by atoms with Gasteiger partial charge in [0, 0.05) is 19.5 Å². The summed E-state index contributed by atoms with van der Waals surface area (Å²) in [6.45, 7) is 4.31. The highest BCUT2D eigenvalue weighted by atomic mass is 32.2. The van der Waals surface area contributed by atoms with Gasteiger partial charge in [-0.05, 0) is 18.1 Å². The van der Waals surface area contributed by atoms with E-state index in [1.807, 2.05) is 0 Å². The number of aliphatic hydroxyl groups excluding tert-OH is 1. The molecule has 7 heteroatoms. The summed E-state index contributed by atoms with van der Waals surface area (Å²) in [5.41, 5.74) is 0.457. The maximum atomic E-state index is 12.0. The minimum atomic E-state index is -3.58. The predicted molar refractivity (Wildman–Crippen MR) is 78.3 cm³/mol. The average Bonchev–Trinajstić information content (AvgIpc) is 2.40. The van der Waals surface area contributed by atoms with Gasteiger partial charge >= 0.3 is 10.2 Å². The van der Waals surface area contributed by atoms with Gasteiger partial charge in [0.05, 0.1) is 6.61 Å². The summed E-state index contributed by atoms with van der Waals surface area (Å²) in [6, 6.07) is 4.92. The van der Waals surface area contributed by atoms with Crippen LogP contribution in [0, 0.1) is 11.8 Å². The Morgan fingerprint density at radius 1 is 1.35 bits per heavy atom. The molecule has 0 radical (unpaired) electrons. The molecule has 20 heavy (non-hydrogen) atoms. The van der Waals surface area contributed by atoms with Crippen molar-refractivity contribution in [3.05, 3.63) is 23.9 Å². The van der Waals surface area contributed by atoms with E-state index in [0.29, 0.717) is 25.2 Å². The van der Waals surface area contributed by atoms with Crippen LogP contribution in [0.5, 0.6) is 0 Å². The number of anilines is 1. The van der Waals surface area contributed by atoms with Crippen LogP contribution >= 0.6 is 0 Å². The van der Waals surface area contributed by atoms with E-state index in [9.17, 15) is 8.42 Å². The Hall–Kier alpha value is -1.62. The van der Waals surface area contributed by atoms with Crippen molar-refractivity contribution in [1.29, 1.82) is 0 Å². The standard InChI is InChI=1S/C13H19N3O3S/c1-3-16(4-2)20(18,19)15-13-10-7-9-12(14-13)8-5-6-11-17/h7,9-10,17H,3-4,6,11H2,1-2H3,(H,14,15). The van der Waals surface area contributed by atoms with Crippen molar-refractivity contribution in [2.75, 3.05) is 24.4 Å². The molecule has 0 aromatic carbocycles. The van der Waals surface area contributed by atoms with E-state index in [1.54, 1.807) is 32.0 Å². The van der Waals surface area contributed by atoms with Crippen LogP contribution in [0.15, 0.2) is 18.2 Å². The van der Waals surface area contributed by atoms with Crippen molar-refractivity contribution in [3.63, 3.8) is 0 Å². The Balaban J connectivity index is 2.89. The molecule has 1 heterocycles. The second-order valence-electron chi connectivity index (χ2n) is 3.87. The van der Waals surface area contributed by atoms with Gasteiger partial charge in [0.25, 0.3) is 0 Å². The number of aliphatic hydroxyl groups is 1. The Bertz CT molecular complexity index is 586. The summed E-state index contributed by atoms with van der Waals surface area (Å²) in [5, 5.41) is 8.65. The quantitative estimate of drug-likeness (QED) is 0.761. The molecule has 0 aliphatic heterocycles. The second-order valence-corrected chi connectivity index (χ2v) is 5.55. The van der Waals surface area contributed by atoms with Gasteiger partial charge in [-0.3, -0.25) is 4.72 Å². The van der Waals surface area contributed by atoms with Crippen LogP contribution in [0.1, 0.15) is 26.0 Å². The van der Waals surface area contributed by atoms with E-state index in [4.69, 9.17) is 5.11 Å². The fourth-order valence-corrected chi connectivity index (χ4v) is 2.72. The smallest absolute Gasteiger partial charge is 0.302 e. The third-order valence-corrected chi connectivity index (χ3v) is 4.14. The molecule has 0 aliphatic carbocycles. The second kappa shape index (κ2) is 7.85. The first-order chi connectivity index (χ1) is 9.53. The van der Waals surface area contributed by atoms with E-state index in [0.717, 1.165) is 0 Å². The van der Waals surface area contributed by atoms with Crippen molar-refractivity contribution < 1.29 is 13.5 Å². The minimum absolute atomic E-state index is 0.0126. The van der Waals surface area contributed by atoms with Crippen LogP contribution < -0.4 is 4.72 Å². The molecule has 0 fully saturated rings. The normalized spacial score (nSPS) is 11.0. The maximum absolute atomic E-state index is 12.0. The summed E-state index contributed by atoms with van der Waals surface area (Å²) in [7, 11) is -3.58. The zero-order chi connectivity index (χ0) is 15.0. The zero-order valence-electron chi connectivity index (χ0n) is 11.6. The number of rotatable bonds is 6. The fraction of sp³-hybridized carbons (Fsp3) is 0.462. The highest BCUT2D eigenvalue weighted by Gasteiger charge is 2.18. The molecule has 0 atom stereocenters. The van der Waals surface area contributed by atoms with Crippen LogP contribution in [0.25, 0.3) is 0 Å². The van der Waals surface area contributed by atoms with Crippen LogP contribution in [0.2, 0.25) is 0 Å². The van der Waals surface area contributed by atoms with Crippen LogP contribution in [-0.2, 0) is 10.2 Å². The fourth-order valence-electron chi connectivity index (χ4n) is 1.53. The summed E-state index contributed by atoms with van der Waals surface area (Å²) in [5.74, 6) is 5.73. The minimum Gasteiger partial charge on any atom is -0.395 e. The molecule has 1 aromatic rings. The summed E-state index contributed by atoms with van der Waals surface area (Å²) in [6.07, 6.45) is 0.358. The molecular weight excluding hydrogens is 278 g/mol. The Kier molecular flexibility index (Phi) is 6.45. The van der Waals surface area contributed by atoms with E-state index in [2.05, 4.69) is 21.5 Å². The number of hydrogen-bond donors (Lipinski definition) is 2. The lowest BCUT2D eigenvalue weighted by molar-refractivity contribution is 0.305. The van der Waals surface area contributed by atoms with Crippen LogP contribution in [-0.4, -0.2) is 42.5 Å². The van der Waals surface area contributed by atoms with Gasteiger partial charge < -0.3 is 5.11 Å². The third kappa shape index (κ3) is 4.81. The SMILES string of the molecule is CCN(CC)S(=O)(=O)Nc1cccc(C#CCCO)n1. The molecule has 0 spiro atoms. The Labute approximate surface area is 120 Å². The lowest BCUT2D eigenvalue weighted by atomic mass is 10.3. The summed E-state index contributed by atoms with van der Waals surface area (Å²) in [4.78, 5) is 4.11. The van der Waals surface area contributed by atoms with Gasteiger partial charge in [-0.2, -0.15) is 12.7 Å². The van der Waals surface area contributed by atoms with Crippen molar-refractivity contribution in [3.8, 4) is 11.8 Å². The number of pyridine rings is 1. The number of nitrogens with zero attached hydrogens (tertiary/aromatic N) is 2. The van der Waals surface area contributed by atoms with Crippen LogP contribution in [0.3, 0.4) is 0 Å². The lowest BCUT2D eigenvalue weighted by Crippen LogP contribution is -2.35. The molecule has 0 bridgehead atoms. The van der Waals surface area contributed by atoms with Gasteiger partial charge in [0.2, 0.25) is 0 Å². The van der Waals surface area contributed by atoms with Gasteiger partial charge in [-0.1, -0.05) is 25.8 Å². The molecule has 0 amide bonds. The predicted octanol–water partition coefficient (Wildman–Crippen LogP) is 0.814. The van der Waals surface area contributed by atoms with Crippen molar-refractivity contribution in [2.45, 2.75) is 20.3 Å². The molecular formula is C13H19N3O3S. The molecule has 0 saturated heterocycles. The van der Waals surface area contributed by atoms with Crippen LogP contribution in [0.4, 0.5) is 5.82 Å². The molecule has 6 nitrogen and oxygen atoms in total.